The van der Waals surface area contributed by atoms with Crippen LogP contribution in [0.25, 0.3) is 10.9 Å². The van der Waals surface area contributed by atoms with E-state index in [-0.39, 0.29) is 17.4 Å². The Morgan fingerprint density at radius 2 is 1.83 bits per heavy atom. The summed E-state index contributed by atoms with van der Waals surface area (Å²) < 4.78 is 15.0. The molecule has 3 aromatic rings. The molecule has 0 saturated heterocycles. The third-order valence-corrected chi connectivity index (χ3v) is 6.11. The summed E-state index contributed by atoms with van der Waals surface area (Å²) in [5, 5.41) is 11.1. The Hall–Kier alpha value is -3.75. The van der Waals surface area contributed by atoms with Gasteiger partial charge in [-0.3, -0.25) is 19.3 Å². The number of carbonyl (C=O) groups excluding carboxylic acids is 2. The van der Waals surface area contributed by atoms with Gasteiger partial charge in [0.2, 0.25) is 5.91 Å². The molecule has 0 fully saturated rings. The number of amidine groups is 1. The van der Waals surface area contributed by atoms with Gasteiger partial charge >= 0.3 is 0 Å². The largest absolute Gasteiger partial charge is 0.360 e. The fourth-order valence-corrected chi connectivity index (χ4v) is 4.09. The minimum atomic E-state index is -0.775. The van der Waals surface area contributed by atoms with Crippen molar-refractivity contribution in [2.75, 3.05) is 26.7 Å². The number of aliphatic imine (C=N–C) groups is 1. The number of fused-ring (bicyclic) bond motifs is 1. The number of carbonyl (C=O) groups is 2. The molecule has 1 aliphatic rings. The number of halogens is 1. The van der Waals surface area contributed by atoms with Crippen LogP contribution in [0.15, 0.2) is 53.5 Å². The summed E-state index contributed by atoms with van der Waals surface area (Å²) in [6, 6.07) is 12.8. The molecule has 2 heterocycles. The molecule has 2 amide bonds. The maximum atomic E-state index is 13.4. The molecule has 9 heteroatoms. The van der Waals surface area contributed by atoms with Gasteiger partial charge in [0.05, 0.1) is 25.2 Å². The predicted molar refractivity (Wildman–Crippen MR) is 134 cm³/mol. The molecule has 1 aromatic heterocycles. The lowest BCUT2D eigenvalue weighted by atomic mass is 9.86. The summed E-state index contributed by atoms with van der Waals surface area (Å²) in [6.07, 6.45) is 0. The highest BCUT2D eigenvalue weighted by atomic mass is 19.1. The Bertz CT molecular complexity index is 1260. The first-order chi connectivity index (χ1) is 16.6. The van der Waals surface area contributed by atoms with E-state index in [9.17, 15) is 14.0 Å². The molecule has 8 nitrogen and oxygen atoms in total. The number of nitrogens with one attached hydrogen (secondary N) is 2. The van der Waals surface area contributed by atoms with Crippen LogP contribution in [-0.2, 0) is 11.3 Å². The molecule has 35 heavy (non-hydrogen) atoms. The van der Waals surface area contributed by atoms with Gasteiger partial charge in [-0.15, -0.1) is 0 Å². The van der Waals surface area contributed by atoms with E-state index in [2.05, 4.69) is 20.7 Å². The zero-order valence-corrected chi connectivity index (χ0v) is 20.5. The molecular weight excluding hydrogens is 447 g/mol. The van der Waals surface area contributed by atoms with Crippen LogP contribution in [0, 0.1) is 11.2 Å². The number of likely N-dealkylation sites (N-methyl/N-ethyl adjacent to an activating group) is 1. The van der Waals surface area contributed by atoms with E-state index in [0.717, 1.165) is 30.0 Å². The van der Waals surface area contributed by atoms with Crippen LogP contribution in [0.4, 0.5) is 4.39 Å². The fraction of sp³-hybridized carbons (Fsp3) is 0.385. The number of hydrogen-bond donors (Lipinski definition) is 2. The molecule has 0 aliphatic carbocycles. The van der Waals surface area contributed by atoms with Crippen molar-refractivity contribution in [1.82, 2.24) is 25.3 Å². The van der Waals surface area contributed by atoms with Crippen LogP contribution in [0.5, 0.6) is 0 Å². The molecule has 0 unspecified atom stereocenters. The number of hydrogen-bond acceptors (Lipinski definition) is 5. The maximum Gasteiger partial charge on any atom is 0.273 e. The molecular formula is C26H31FN6O2. The summed E-state index contributed by atoms with van der Waals surface area (Å²) in [5.74, 6) is -0.187. The molecule has 0 bridgehead atoms. The van der Waals surface area contributed by atoms with Gasteiger partial charge in [0, 0.05) is 19.0 Å². The molecule has 0 spiro atoms. The van der Waals surface area contributed by atoms with Gasteiger partial charge in [0.25, 0.3) is 5.91 Å². The van der Waals surface area contributed by atoms with Crippen LogP contribution < -0.4 is 10.6 Å². The van der Waals surface area contributed by atoms with E-state index < -0.39 is 17.4 Å². The number of amides is 2. The highest BCUT2D eigenvalue weighted by Crippen LogP contribution is 2.23. The normalized spacial score (nSPS) is 14.7. The summed E-state index contributed by atoms with van der Waals surface area (Å²) in [4.78, 5) is 32.9. The minimum absolute atomic E-state index is 0.240. The highest BCUT2D eigenvalue weighted by molar-refractivity contribution is 6.06. The third-order valence-electron chi connectivity index (χ3n) is 6.11. The second-order valence-corrected chi connectivity index (χ2v) is 9.86. The molecule has 0 radical (unpaired) electrons. The van der Waals surface area contributed by atoms with E-state index in [0.29, 0.717) is 18.5 Å². The number of para-hydroxylation sites is 1. The first-order valence-corrected chi connectivity index (χ1v) is 11.7. The number of benzene rings is 2. The Kier molecular flexibility index (Phi) is 6.86. The Balaban J connectivity index is 1.56. The topological polar surface area (TPSA) is 91.6 Å². The van der Waals surface area contributed by atoms with Crippen LogP contribution in [-0.4, -0.2) is 65.1 Å². The van der Waals surface area contributed by atoms with Crippen LogP contribution in [0.2, 0.25) is 0 Å². The molecule has 0 saturated carbocycles. The van der Waals surface area contributed by atoms with Crippen LogP contribution in [0.3, 0.4) is 0 Å². The van der Waals surface area contributed by atoms with Gasteiger partial charge in [-0.05, 0) is 29.2 Å². The van der Waals surface area contributed by atoms with E-state index in [4.69, 9.17) is 0 Å². The lowest BCUT2D eigenvalue weighted by Crippen LogP contribution is -2.54. The molecule has 4 rings (SSSR count). The summed E-state index contributed by atoms with van der Waals surface area (Å²) in [5.41, 5.74) is 1.35. The van der Waals surface area contributed by atoms with Crippen molar-refractivity contribution in [2.24, 2.45) is 10.4 Å². The monoisotopic (exact) mass is 478 g/mol. The molecule has 2 aromatic carbocycles. The van der Waals surface area contributed by atoms with Crippen molar-refractivity contribution in [3.05, 3.63) is 65.6 Å². The lowest BCUT2D eigenvalue weighted by molar-refractivity contribution is -0.125. The Labute approximate surface area is 204 Å². The lowest BCUT2D eigenvalue weighted by Gasteiger charge is -2.30. The number of rotatable bonds is 7. The van der Waals surface area contributed by atoms with Crippen molar-refractivity contribution in [2.45, 2.75) is 33.4 Å². The van der Waals surface area contributed by atoms with E-state index >= 15 is 0 Å². The van der Waals surface area contributed by atoms with E-state index in [1.165, 1.54) is 12.1 Å². The van der Waals surface area contributed by atoms with Crippen molar-refractivity contribution in [1.29, 1.82) is 0 Å². The zero-order chi connectivity index (χ0) is 25.2. The van der Waals surface area contributed by atoms with Gasteiger partial charge < -0.3 is 15.5 Å². The summed E-state index contributed by atoms with van der Waals surface area (Å²) in [6.45, 7) is 7.96. The summed E-state index contributed by atoms with van der Waals surface area (Å²) >= 11 is 0. The van der Waals surface area contributed by atoms with Crippen molar-refractivity contribution >= 4 is 28.6 Å². The third kappa shape index (κ3) is 5.50. The molecule has 184 valence electrons. The minimum Gasteiger partial charge on any atom is -0.360 e. The van der Waals surface area contributed by atoms with E-state index in [1.807, 2.05) is 57.0 Å². The first kappa shape index (κ1) is 24.4. The second kappa shape index (κ2) is 9.85. The molecule has 2 N–H and O–H groups in total. The average Bonchev–Trinajstić information content (AvgIpc) is 3.40. The van der Waals surface area contributed by atoms with Gasteiger partial charge in [0.1, 0.15) is 17.7 Å². The second-order valence-electron chi connectivity index (χ2n) is 9.86. The Morgan fingerprint density at radius 3 is 2.49 bits per heavy atom. The van der Waals surface area contributed by atoms with Crippen molar-refractivity contribution in [3.8, 4) is 0 Å². The number of nitrogens with zero attached hydrogens (tertiary/aromatic N) is 4. The molecule has 1 aliphatic heterocycles. The average molecular weight is 479 g/mol. The standard InChI is InChI=1S/C26H31FN6O2/c1-26(2,3)23(25(35)29-15-21-28-13-14-32(21)4)30-24(34)22-19-7-5-6-8-20(19)33(31-22)16-17-9-11-18(27)12-10-17/h5-12,23H,13-16H2,1-4H3,(H,29,35)(H,30,34)/t23-/m1/s1. The molecule has 1 atom stereocenters. The smallest absolute Gasteiger partial charge is 0.273 e. The van der Waals surface area contributed by atoms with Crippen molar-refractivity contribution in [3.63, 3.8) is 0 Å². The number of aromatic nitrogens is 2. The highest BCUT2D eigenvalue weighted by Gasteiger charge is 2.34. The van der Waals surface area contributed by atoms with Crippen LogP contribution >= 0.6 is 0 Å². The van der Waals surface area contributed by atoms with Gasteiger partial charge in [0.15, 0.2) is 5.69 Å². The zero-order valence-electron chi connectivity index (χ0n) is 20.5. The van der Waals surface area contributed by atoms with Crippen LogP contribution in [0.1, 0.15) is 36.8 Å². The first-order valence-electron chi connectivity index (χ1n) is 11.7. The fourth-order valence-electron chi connectivity index (χ4n) is 4.09. The van der Waals surface area contributed by atoms with Gasteiger partial charge in [-0.25, -0.2) is 4.39 Å². The van der Waals surface area contributed by atoms with E-state index in [1.54, 1.807) is 16.8 Å². The SMILES string of the molecule is CN1CCN=C1CNC(=O)[C@@H](NC(=O)c1nn(Cc2ccc(F)cc2)c2ccccc12)C(C)(C)C. The quantitative estimate of drug-likeness (QED) is 0.546. The van der Waals surface area contributed by atoms with Crippen molar-refractivity contribution < 1.29 is 14.0 Å². The summed E-state index contributed by atoms with van der Waals surface area (Å²) in [7, 11) is 1.94. The predicted octanol–water partition coefficient (Wildman–Crippen LogP) is 2.83. The Morgan fingerprint density at radius 1 is 1.11 bits per heavy atom. The van der Waals surface area contributed by atoms with Gasteiger partial charge in [-0.2, -0.15) is 5.10 Å². The van der Waals surface area contributed by atoms with Gasteiger partial charge in [-0.1, -0.05) is 51.1 Å². The maximum absolute atomic E-state index is 13.4.